The van der Waals surface area contributed by atoms with E-state index in [4.69, 9.17) is 10.5 Å². The van der Waals surface area contributed by atoms with E-state index in [-0.39, 0.29) is 6.04 Å². The quantitative estimate of drug-likeness (QED) is 0.932. The van der Waals surface area contributed by atoms with Crippen molar-refractivity contribution in [2.45, 2.75) is 32.4 Å². The van der Waals surface area contributed by atoms with Gasteiger partial charge >= 0.3 is 0 Å². The van der Waals surface area contributed by atoms with Gasteiger partial charge in [-0.1, -0.05) is 6.07 Å². The zero-order valence-corrected chi connectivity index (χ0v) is 12.6. The molecule has 1 aliphatic heterocycles. The zero-order chi connectivity index (χ0) is 13.1. The Balaban J connectivity index is 2.13. The van der Waals surface area contributed by atoms with E-state index in [1.165, 1.54) is 11.3 Å². The third-order valence-corrected chi connectivity index (χ3v) is 3.79. The van der Waals surface area contributed by atoms with Crippen LogP contribution in [0, 0.1) is 0 Å². The molecular weight excluding hydrogens is 292 g/mol. The van der Waals surface area contributed by atoms with Crippen molar-refractivity contribution in [2.75, 3.05) is 24.6 Å². The Hall–Kier alpha value is -0.580. The van der Waals surface area contributed by atoms with Crippen molar-refractivity contribution >= 4 is 21.6 Å². The second-order valence-electron chi connectivity index (χ2n) is 5.09. The molecule has 100 valence electrons. The Morgan fingerprint density at radius 1 is 1.56 bits per heavy atom. The van der Waals surface area contributed by atoms with E-state index < -0.39 is 0 Å². The maximum atomic E-state index is 5.83. The van der Waals surface area contributed by atoms with E-state index in [1.807, 2.05) is 6.92 Å². The molecule has 1 aromatic carbocycles. The number of hydrogen-bond donors (Lipinski definition) is 1. The van der Waals surface area contributed by atoms with Crippen LogP contribution in [0.4, 0.5) is 5.69 Å². The monoisotopic (exact) mass is 312 g/mol. The van der Waals surface area contributed by atoms with Crippen molar-refractivity contribution in [3.63, 3.8) is 0 Å². The van der Waals surface area contributed by atoms with Gasteiger partial charge in [0.2, 0.25) is 0 Å². The van der Waals surface area contributed by atoms with E-state index >= 15 is 0 Å². The molecule has 1 fully saturated rings. The summed E-state index contributed by atoms with van der Waals surface area (Å²) < 4.78 is 6.72. The van der Waals surface area contributed by atoms with Crippen molar-refractivity contribution in [3.8, 4) is 0 Å². The highest BCUT2D eigenvalue weighted by Crippen LogP contribution is 2.29. The van der Waals surface area contributed by atoms with Crippen LogP contribution in [0.5, 0.6) is 0 Å². The topological polar surface area (TPSA) is 38.5 Å². The SMILES string of the molecule is CC(N)Cc1ccc(N2CCOC(C)C2)c(Br)c1. The van der Waals surface area contributed by atoms with Crippen molar-refractivity contribution in [2.24, 2.45) is 5.73 Å². The van der Waals surface area contributed by atoms with Crippen molar-refractivity contribution < 1.29 is 4.74 Å². The van der Waals surface area contributed by atoms with Crippen LogP contribution in [0.3, 0.4) is 0 Å². The Kier molecular flexibility index (Phi) is 4.65. The standard InChI is InChI=1S/C14H21BrN2O/c1-10(16)7-12-3-4-14(13(15)8-12)17-5-6-18-11(2)9-17/h3-4,8,10-11H,5-7,9,16H2,1-2H3. The van der Waals surface area contributed by atoms with Crippen LogP contribution in [-0.4, -0.2) is 31.8 Å². The van der Waals surface area contributed by atoms with Crippen molar-refractivity contribution in [1.29, 1.82) is 0 Å². The number of nitrogens with zero attached hydrogens (tertiary/aromatic N) is 1. The second kappa shape index (κ2) is 6.04. The summed E-state index contributed by atoms with van der Waals surface area (Å²) in [6, 6.07) is 6.73. The lowest BCUT2D eigenvalue weighted by Gasteiger charge is -2.33. The number of morpholine rings is 1. The smallest absolute Gasteiger partial charge is 0.0722 e. The zero-order valence-electron chi connectivity index (χ0n) is 11.0. The molecule has 1 saturated heterocycles. The predicted molar refractivity (Wildman–Crippen MR) is 79.1 cm³/mol. The van der Waals surface area contributed by atoms with Gasteiger partial charge in [-0.25, -0.2) is 0 Å². The Labute approximate surface area is 117 Å². The van der Waals surface area contributed by atoms with E-state index in [0.717, 1.165) is 30.6 Å². The predicted octanol–water partition coefficient (Wildman–Crippen LogP) is 2.56. The van der Waals surface area contributed by atoms with Crippen LogP contribution in [-0.2, 0) is 11.2 Å². The molecule has 3 nitrogen and oxygen atoms in total. The normalized spacial score (nSPS) is 22.0. The average molecular weight is 313 g/mol. The largest absolute Gasteiger partial charge is 0.375 e. The number of benzene rings is 1. The molecule has 4 heteroatoms. The average Bonchev–Trinajstić information content (AvgIpc) is 2.28. The maximum Gasteiger partial charge on any atom is 0.0722 e. The summed E-state index contributed by atoms with van der Waals surface area (Å²) in [7, 11) is 0. The molecule has 2 atom stereocenters. The van der Waals surface area contributed by atoms with Crippen LogP contribution in [0.15, 0.2) is 22.7 Å². The minimum Gasteiger partial charge on any atom is -0.375 e. The minimum atomic E-state index is 0.200. The molecule has 0 amide bonds. The highest BCUT2D eigenvalue weighted by molar-refractivity contribution is 9.10. The molecule has 0 saturated carbocycles. The number of ether oxygens (including phenoxy) is 1. The van der Waals surface area contributed by atoms with E-state index in [0.29, 0.717) is 6.10 Å². The molecule has 2 rings (SSSR count). The van der Waals surface area contributed by atoms with Gasteiger partial charge in [-0.2, -0.15) is 0 Å². The van der Waals surface area contributed by atoms with Gasteiger partial charge in [0.15, 0.2) is 0 Å². The number of nitrogens with two attached hydrogens (primary N) is 1. The first kappa shape index (κ1) is 13.8. The van der Waals surface area contributed by atoms with Gasteiger partial charge in [0.1, 0.15) is 0 Å². The summed E-state index contributed by atoms with van der Waals surface area (Å²) in [5.74, 6) is 0. The molecule has 18 heavy (non-hydrogen) atoms. The Morgan fingerprint density at radius 3 is 2.94 bits per heavy atom. The van der Waals surface area contributed by atoms with Crippen LogP contribution < -0.4 is 10.6 Å². The van der Waals surface area contributed by atoms with Crippen molar-refractivity contribution in [3.05, 3.63) is 28.2 Å². The molecule has 1 aromatic rings. The van der Waals surface area contributed by atoms with Gasteiger partial charge in [0.05, 0.1) is 18.4 Å². The van der Waals surface area contributed by atoms with Gasteiger partial charge in [0.25, 0.3) is 0 Å². The summed E-state index contributed by atoms with van der Waals surface area (Å²) >= 11 is 3.67. The molecule has 1 heterocycles. The van der Waals surface area contributed by atoms with Crippen LogP contribution in [0.2, 0.25) is 0 Å². The van der Waals surface area contributed by atoms with Crippen molar-refractivity contribution in [1.82, 2.24) is 0 Å². The van der Waals surface area contributed by atoms with Gasteiger partial charge < -0.3 is 15.4 Å². The van der Waals surface area contributed by atoms with Gasteiger partial charge in [0, 0.05) is 23.6 Å². The molecule has 2 N–H and O–H groups in total. The first-order valence-electron chi connectivity index (χ1n) is 6.47. The summed E-state index contributed by atoms with van der Waals surface area (Å²) in [6.45, 7) is 6.85. The second-order valence-corrected chi connectivity index (χ2v) is 5.95. The highest BCUT2D eigenvalue weighted by Gasteiger charge is 2.18. The van der Waals surface area contributed by atoms with E-state index in [9.17, 15) is 0 Å². The lowest BCUT2D eigenvalue weighted by Crippen LogP contribution is -2.41. The highest BCUT2D eigenvalue weighted by atomic mass is 79.9. The fourth-order valence-corrected chi connectivity index (χ4v) is 3.02. The van der Waals surface area contributed by atoms with Gasteiger partial charge in [-0.05, 0) is 53.9 Å². The van der Waals surface area contributed by atoms with E-state index in [2.05, 4.69) is 46.0 Å². The van der Waals surface area contributed by atoms with Crippen LogP contribution in [0.25, 0.3) is 0 Å². The minimum absolute atomic E-state index is 0.200. The summed E-state index contributed by atoms with van der Waals surface area (Å²) in [6.07, 6.45) is 1.22. The summed E-state index contributed by atoms with van der Waals surface area (Å²) in [5.41, 5.74) is 8.36. The van der Waals surface area contributed by atoms with E-state index in [1.54, 1.807) is 0 Å². The summed E-state index contributed by atoms with van der Waals surface area (Å²) in [4.78, 5) is 2.37. The molecule has 0 spiro atoms. The lowest BCUT2D eigenvalue weighted by molar-refractivity contribution is 0.0532. The number of halogens is 1. The summed E-state index contributed by atoms with van der Waals surface area (Å²) in [5, 5.41) is 0. The number of hydrogen-bond acceptors (Lipinski definition) is 3. The molecule has 0 aromatic heterocycles. The molecular formula is C14H21BrN2O. The first-order valence-corrected chi connectivity index (χ1v) is 7.26. The molecule has 1 aliphatic rings. The maximum absolute atomic E-state index is 5.83. The Morgan fingerprint density at radius 2 is 2.33 bits per heavy atom. The number of rotatable bonds is 3. The molecule has 2 unspecified atom stereocenters. The third-order valence-electron chi connectivity index (χ3n) is 3.15. The Bertz CT molecular complexity index is 409. The van der Waals surface area contributed by atoms with Crippen LogP contribution in [0.1, 0.15) is 19.4 Å². The molecule has 0 bridgehead atoms. The fourth-order valence-electron chi connectivity index (χ4n) is 2.34. The fraction of sp³-hybridized carbons (Fsp3) is 0.571. The number of anilines is 1. The molecule has 0 aliphatic carbocycles. The molecule has 0 radical (unpaired) electrons. The van der Waals surface area contributed by atoms with Gasteiger partial charge in [-0.15, -0.1) is 0 Å². The third kappa shape index (κ3) is 3.46. The lowest BCUT2D eigenvalue weighted by atomic mass is 10.1. The van der Waals surface area contributed by atoms with Gasteiger partial charge in [-0.3, -0.25) is 0 Å². The van der Waals surface area contributed by atoms with Crippen LogP contribution >= 0.6 is 15.9 Å². The first-order chi connectivity index (χ1) is 8.56.